The molecule has 0 saturated carbocycles. The molecule has 1 aliphatic rings. The first-order chi connectivity index (χ1) is 6.24. The molecule has 1 fully saturated rings. The highest BCUT2D eigenvalue weighted by molar-refractivity contribution is 7.85. The molecule has 0 bridgehead atoms. The van der Waals surface area contributed by atoms with Crippen LogP contribution >= 0.6 is 0 Å². The highest BCUT2D eigenvalue weighted by Crippen LogP contribution is 2.02. The fourth-order valence-corrected chi connectivity index (χ4v) is 2.39. The quantitative estimate of drug-likeness (QED) is 0.617. The fourth-order valence-electron chi connectivity index (χ4n) is 1.31. The van der Waals surface area contributed by atoms with Gasteiger partial charge in [0.05, 0.1) is 0 Å². The average Bonchev–Trinajstić information content (AvgIpc) is 2.30. The molecule has 0 aromatic carbocycles. The molecular formula is C8H15NO3S. The number of nitrogens with zero attached hydrogens (tertiary/aromatic N) is 1. The minimum atomic E-state index is -0.733. The molecule has 1 saturated heterocycles. The first kappa shape index (κ1) is 10.7. The minimum absolute atomic E-state index is 0.00130. The van der Waals surface area contributed by atoms with Crippen molar-refractivity contribution in [2.75, 3.05) is 38.3 Å². The molecule has 76 valence electrons. The largest absolute Gasteiger partial charge is 0.375 e. The van der Waals surface area contributed by atoms with Crippen LogP contribution in [0.1, 0.15) is 6.42 Å². The molecule has 0 spiro atoms. The highest BCUT2D eigenvalue weighted by atomic mass is 32.2. The van der Waals surface area contributed by atoms with E-state index in [1.54, 1.807) is 4.90 Å². The van der Waals surface area contributed by atoms with E-state index < -0.39 is 10.8 Å². The van der Waals surface area contributed by atoms with Gasteiger partial charge in [-0.2, -0.15) is 0 Å². The van der Waals surface area contributed by atoms with Crippen molar-refractivity contribution in [3.63, 3.8) is 0 Å². The van der Waals surface area contributed by atoms with Crippen LogP contribution in [0.2, 0.25) is 0 Å². The lowest BCUT2D eigenvalue weighted by Crippen LogP contribution is -2.35. The summed E-state index contributed by atoms with van der Waals surface area (Å²) in [5, 5.41) is 0. The number of methoxy groups -OCH3 is 1. The summed E-state index contributed by atoms with van der Waals surface area (Å²) < 4.78 is 15.9. The SMILES string of the molecule is COCC(=O)N1CCCS(=O)CC1. The maximum absolute atomic E-state index is 11.4. The Labute approximate surface area is 80.7 Å². The van der Waals surface area contributed by atoms with Crippen LogP contribution in [0.15, 0.2) is 0 Å². The number of carbonyl (C=O) groups is 1. The molecule has 1 atom stereocenters. The van der Waals surface area contributed by atoms with E-state index in [4.69, 9.17) is 4.74 Å². The van der Waals surface area contributed by atoms with Gasteiger partial charge in [-0.15, -0.1) is 0 Å². The number of ether oxygens (including phenoxy) is 1. The van der Waals surface area contributed by atoms with Gasteiger partial charge in [0.1, 0.15) is 6.61 Å². The molecule has 1 aliphatic heterocycles. The first-order valence-corrected chi connectivity index (χ1v) is 5.84. The number of hydrogen-bond acceptors (Lipinski definition) is 3. The third kappa shape index (κ3) is 3.44. The molecule has 5 heteroatoms. The summed E-state index contributed by atoms with van der Waals surface area (Å²) in [6.07, 6.45) is 0.835. The standard InChI is InChI=1S/C8H15NO3S/c1-12-7-8(10)9-3-2-5-13(11)6-4-9/h2-7H2,1H3. The molecule has 1 amide bonds. The van der Waals surface area contributed by atoms with Crippen LogP contribution in [-0.4, -0.2) is 53.3 Å². The second-order valence-corrected chi connectivity index (χ2v) is 4.71. The van der Waals surface area contributed by atoms with Crippen LogP contribution in [0.25, 0.3) is 0 Å². The van der Waals surface area contributed by atoms with E-state index in [2.05, 4.69) is 0 Å². The van der Waals surface area contributed by atoms with Gasteiger partial charge in [-0.1, -0.05) is 0 Å². The predicted molar refractivity (Wildman–Crippen MR) is 50.9 cm³/mol. The molecule has 13 heavy (non-hydrogen) atoms. The van der Waals surface area contributed by atoms with Crippen LogP contribution in [0.5, 0.6) is 0 Å². The number of amides is 1. The maximum Gasteiger partial charge on any atom is 0.248 e. The van der Waals surface area contributed by atoms with Gasteiger partial charge < -0.3 is 9.64 Å². The molecule has 1 rings (SSSR count). The number of rotatable bonds is 2. The van der Waals surface area contributed by atoms with Crippen LogP contribution in [-0.2, 0) is 20.3 Å². The molecule has 1 unspecified atom stereocenters. The number of carbonyl (C=O) groups excluding carboxylic acids is 1. The van der Waals surface area contributed by atoms with Gasteiger partial charge in [-0.05, 0) is 6.42 Å². The van der Waals surface area contributed by atoms with Crippen molar-refractivity contribution in [3.05, 3.63) is 0 Å². The molecular weight excluding hydrogens is 190 g/mol. The molecule has 1 heterocycles. The summed E-state index contributed by atoms with van der Waals surface area (Å²) in [5.74, 6) is 1.33. The van der Waals surface area contributed by atoms with Gasteiger partial charge in [0, 0.05) is 42.5 Å². The lowest BCUT2D eigenvalue weighted by Gasteiger charge is -2.18. The fraction of sp³-hybridized carbons (Fsp3) is 0.875. The van der Waals surface area contributed by atoms with Crippen LogP contribution in [0.3, 0.4) is 0 Å². The normalized spacial score (nSPS) is 24.1. The lowest BCUT2D eigenvalue weighted by molar-refractivity contribution is -0.134. The van der Waals surface area contributed by atoms with Crippen molar-refractivity contribution in [2.45, 2.75) is 6.42 Å². The second-order valence-electron chi connectivity index (χ2n) is 3.02. The van der Waals surface area contributed by atoms with Gasteiger partial charge in [-0.3, -0.25) is 9.00 Å². The van der Waals surface area contributed by atoms with E-state index in [-0.39, 0.29) is 12.5 Å². The van der Waals surface area contributed by atoms with E-state index >= 15 is 0 Å². The van der Waals surface area contributed by atoms with E-state index in [0.717, 1.165) is 12.2 Å². The van der Waals surface area contributed by atoms with Crippen molar-refractivity contribution in [1.29, 1.82) is 0 Å². The first-order valence-electron chi connectivity index (χ1n) is 4.35. The van der Waals surface area contributed by atoms with Crippen molar-refractivity contribution >= 4 is 16.7 Å². The summed E-state index contributed by atoms with van der Waals surface area (Å²) in [7, 11) is 0.774. The van der Waals surface area contributed by atoms with Gasteiger partial charge in [0.15, 0.2) is 0 Å². The molecule has 0 radical (unpaired) electrons. The van der Waals surface area contributed by atoms with Crippen molar-refractivity contribution in [1.82, 2.24) is 4.90 Å². The summed E-state index contributed by atoms with van der Waals surface area (Å²) in [4.78, 5) is 13.1. The molecule has 0 aromatic heterocycles. The van der Waals surface area contributed by atoms with E-state index in [1.807, 2.05) is 0 Å². The monoisotopic (exact) mass is 205 g/mol. The molecule has 4 nitrogen and oxygen atoms in total. The van der Waals surface area contributed by atoms with Crippen LogP contribution in [0, 0.1) is 0 Å². The van der Waals surface area contributed by atoms with Crippen LogP contribution < -0.4 is 0 Å². The second kappa shape index (κ2) is 5.34. The predicted octanol–water partition coefficient (Wildman–Crippen LogP) is -0.386. The number of hydrogen-bond donors (Lipinski definition) is 0. The topological polar surface area (TPSA) is 46.6 Å². The highest BCUT2D eigenvalue weighted by Gasteiger charge is 2.17. The Morgan fingerprint density at radius 2 is 2.23 bits per heavy atom. The van der Waals surface area contributed by atoms with Crippen molar-refractivity contribution in [2.24, 2.45) is 0 Å². The van der Waals surface area contributed by atoms with E-state index in [0.29, 0.717) is 18.8 Å². The zero-order valence-electron chi connectivity index (χ0n) is 7.82. The van der Waals surface area contributed by atoms with Crippen molar-refractivity contribution in [3.8, 4) is 0 Å². The van der Waals surface area contributed by atoms with E-state index in [1.165, 1.54) is 7.11 Å². The van der Waals surface area contributed by atoms with Crippen molar-refractivity contribution < 1.29 is 13.7 Å². The van der Waals surface area contributed by atoms with E-state index in [9.17, 15) is 9.00 Å². The van der Waals surface area contributed by atoms with Gasteiger partial charge in [0.2, 0.25) is 5.91 Å². The Hall–Kier alpha value is -0.420. The van der Waals surface area contributed by atoms with Gasteiger partial charge in [0.25, 0.3) is 0 Å². The molecule has 0 aliphatic carbocycles. The molecule has 0 aromatic rings. The summed E-state index contributed by atoms with van der Waals surface area (Å²) in [6, 6.07) is 0. The summed E-state index contributed by atoms with van der Waals surface area (Å²) in [5.41, 5.74) is 0. The lowest BCUT2D eigenvalue weighted by atomic mass is 10.4. The summed E-state index contributed by atoms with van der Waals surface area (Å²) >= 11 is 0. The Morgan fingerprint density at radius 3 is 2.92 bits per heavy atom. The minimum Gasteiger partial charge on any atom is -0.375 e. The van der Waals surface area contributed by atoms with Crippen LogP contribution in [0.4, 0.5) is 0 Å². The zero-order valence-corrected chi connectivity index (χ0v) is 8.64. The average molecular weight is 205 g/mol. The van der Waals surface area contributed by atoms with Gasteiger partial charge in [-0.25, -0.2) is 0 Å². The maximum atomic E-state index is 11.4. The Morgan fingerprint density at radius 1 is 1.46 bits per heavy atom. The Bertz CT molecular complexity index is 208. The Kier molecular flexibility index (Phi) is 4.38. The Balaban J connectivity index is 2.41. The summed E-state index contributed by atoms with van der Waals surface area (Å²) in [6.45, 7) is 1.45. The third-order valence-electron chi connectivity index (χ3n) is 2.01. The zero-order chi connectivity index (χ0) is 9.68. The smallest absolute Gasteiger partial charge is 0.248 e. The third-order valence-corrected chi connectivity index (χ3v) is 3.39. The van der Waals surface area contributed by atoms with Gasteiger partial charge >= 0.3 is 0 Å². The molecule has 0 N–H and O–H groups in total.